The van der Waals surface area contributed by atoms with Crippen LogP contribution in [0.2, 0.25) is 0 Å². The summed E-state index contributed by atoms with van der Waals surface area (Å²) < 4.78 is 9.94. The topological polar surface area (TPSA) is 133 Å². The fourth-order valence-electron chi connectivity index (χ4n) is 8.84. The summed E-state index contributed by atoms with van der Waals surface area (Å²) in [6, 6.07) is 8.75. The van der Waals surface area contributed by atoms with E-state index in [1.807, 2.05) is 26.0 Å². The molecule has 2 aromatic rings. The Kier molecular flexibility index (Phi) is 6.56. The van der Waals surface area contributed by atoms with E-state index in [9.17, 15) is 29.4 Å². The molecule has 2 bridgehead atoms. The smallest absolute Gasteiger partial charge is 0.352 e. The van der Waals surface area contributed by atoms with Gasteiger partial charge in [-0.05, 0) is 61.1 Å². The molecule has 1 aromatic heterocycles. The third-order valence-electron chi connectivity index (χ3n) is 11.2. The number of esters is 1. The quantitative estimate of drug-likeness (QED) is 0.319. The highest BCUT2D eigenvalue weighted by atomic mass is 35.5. The molecule has 0 saturated heterocycles. The standard InChI is InChI=1S/C30H36ClN3O7/c1-17-9-11-29-14-22(35)25(37)30(29,40)28(17,3)23(41-24(36)15-31)13-21(18(29)2)19-10-12-32-26(38)34(27(39)33(32)16-19)20-7-5-4-6-8-20/h4-8,10,17-18,21-23,35,40H,9,11-16H2,1-3H3/t17-,18+,21?,22+,23-,28+,29+,30-/m1/s1. The lowest BCUT2D eigenvalue weighted by Crippen LogP contribution is -2.69. The monoisotopic (exact) mass is 585 g/mol. The maximum absolute atomic E-state index is 13.7. The molecule has 0 amide bonds. The van der Waals surface area contributed by atoms with Crippen molar-refractivity contribution in [2.45, 2.75) is 77.4 Å². The summed E-state index contributed by atoms with van der Waals surface area (Å²) in [5.74, 6) is -2.45. The Balaban J connectivity index is 1.47. The zero-order valence-electron chi connectivity index (χ0n) is 23.5. The summed E-state index contributed by atoms with van der Waals surface area (Å²) in [5.41, 5.74) is -3.61. The van der Waals surface area contributed by atoms with E-state index >= 15 is 0 Å². The van der Waals surface area contributed by atoms with Crippen LogP contribution in [0.1, 0.15) is 46.5 Å². The van der Waals surface area contributed by atoms with Gasteiger partial charge in [0.15, 0.2) is 5.78 Å². The Hall–Kier alpha value is -2.95. The predicted octanol–water partition coefficient (Wildman–Crippen LogP) is 2.03. The van der Waals surface area contributed by atoms with Crippen LogP contribution in [0, 0.1) is 28.6 Å². The van der Waals surface area contributed by atoms with Crippen LogP contribution < -0.4 is 11.4 Å². The van der Waals surface area contributed by atoms with Gasteiger partial charge in [0.2, 0.25) is 0 Å². The number of aromatic nitrogens is 3. The van der Waals surface area contributed by atoms with Crippen molar-refractivity contribution >= 4 is 23.4 Å². The molecule has 8 atom stereocenters. The van der Waals surface area contributed by atoms with Gasteiger partial charge in [-0.1, -0.05) is 45.0 Å². The molecular formula is C30H36ClN3O7. The van der Waals surface area contributed by atoms with Crippen molar-refractivity contribution in [3.8, 4) is 5.69 Å². The number of halogens is 1. The Morgan fingerprint density at radius 3 is 2.49 bits per heavy atom. The molecule has 3 aliphatic carbocycles. The lowest BCUT2D eigenvalue weighted by Gasteiger charge is -2.60. The van der Waals surface area contributed by atoms with Crippen LogP contribution in [0.3, 0.4) is 0 Å². The number of alkyl halides is 1. The average Bonchev–Trinajstić information content (AvgIpc) is 3.34. The van der Waals surface area contributed by atoms with Gasteiger partial charge in [0.05, 0.1) is 18.8 Å². The summed E-state index contributed by atoms with van der Waals surface area (Å²) in [7, 11) is 0. The molecular weight excluding hydrogens is 550 g/mol. The highest BCUT2D eigenvalue weighted by molar-refractivity contribution is 6.26. The van der Waals surface area contributed by atoms with Crippen LogP contribution in [0.15, 0.2) is 51.6 Å². The number of para-hydroxylation sites is 1. The second-order valence-corrected chi connectivity index (χ2v) is 12.8. The maximum atomic E-state index is 13.7. The van der Waals surface area contributed by atoms with Gasteiger partial charge >= 0.3 is 17.3 Å². The molecule has 220 valence electrons. The van der Waals surface area contributed by atoms with E-state index in [2.05, 4.69) is 0 Å². The second-order valence-electron chi connectivity index (χ2n) is 12.6. The summed E-state index contributed by atoms with van der Waals surface area (Å²) in [4.78, 5) is 53.1. The Labute approximate surface area is 242 Å². The van der Waals surface area contributed by atoms with Crippen molar-refractivity contribution in [1.82, 2.24) is 13.9 Å². The van der Waals surface area contributed by atoms with Gasteiger partial charge in [0.1, 0.15) is 23.7 Å². The molecule has 11 heteroatoms. The number of nitrogens with zero attached hydrogens (tertiary/aromatic N) is 3. The van der Waals surface area contributed by atoms with E-state index in [1.165, 1.54) is 9.36 Å². The number of carbonyl (C=O) groups excluding carboxylic acids is 2. The molecule has 6 rings (SSSR count). The number of hydrogen-bond acceptors (Lipinski definition) is 7. The molecule has 0 radical (unpaired) electrons. The SMILES string of the molecule is C[C@@H]1CC[C@@]23C[C@H](O)C(=O)[C@@]2(O)[C@]1(C)[C@H](OC(=O)CCl)CC(C1=CCn2c(=O)n(-c4ccccc4)c(=O)n2C1)[C@@H]3C. The van der Waals surface area contributed by atoms with Gasteiger partial charge in [-0.2, -0.15) is 0 Å². The first-order valence-corrected chi connectivity index (χ1v) is 14.8. The maximum Gasteiger partial charge on any atom is 0.352 e. The summed E-state index contributed by atoms with van der Waals surface area (Å²) in [6.07, 6.45) is 1.36. The van der Waals surface area contributed by atoms with E-state index < -0.39 is 51.8 Å². The number of aliphatic hydroxyl groups excluding tert-OH is 1. The summed E-state index contributed by atoms with van der Waals surface area (Å²) in [6.45, 7) is 6.06. The first kappa shape index (κ1) is 28.2. The van der Waals surface area contributed by atoms with Gasteiger partial charge in [-0.15, -0.1) is 11.6 Å². The Morgan fingerprint density at radius 2 is 1.80 bits per heavy atom. The van der Waals surface area contributed by atoms with Crippen molar-refractivity contribution in [1.29, 1.82) is 0 Å². The number of allylic oxidation sites excluding steroid dienone is 2. The van der Waals surface area contributed by atoms with Crippen LogP contribution in [0.25, 0.3) is 5.69 Å². The van der Waals surface area contributed by atoms with Gasteiger partial charge in [0, 0.05) is 10.8 Å². The molecule has 1 aromatic carbocycles. The number of ketones is 1. The highest BCUT2D eigenvalue weighted by Gasteiger charge is 2.78. The van der Waals surface area contributed by atoms with Crippen molar-refractivity contribution in [2.24, 2.45) is 28.6 Å². The second kappa shape index (κ2) is 9.54. The fourth-order valence-corrected chi connectivity index (χ4v) is 8.90. The van der Waals surface area contributed by atoms with E-state index in [0.717, 1.165) is 10.1 Å². The van der Waals surface area contributed by atoms with Crippen LogP contribution >= 0.6 is 11.6 Å². The van der Waals surface area contributed by atoms with E-state index in [4.69, 9.17) is 16.3 Å². The number of aliphatic hydroxyl groups is 2. The molecule has 2 heterocycles. The number of ether oxygens (including phenoxy) is 1. The number of hydrogen-bond donors (Lipinski definition) is 2. The normalized spacial score (nSPS) is 38.0. The minimum Gasteiger partial charge on any atom is -0.461 e. The molecule has 0 spiro atoms. The van der Waals surface area contributed by atoms with Crippen LogP contribution in [0.5, 0.6) is 0 Å². The molecule has 3 saturated carbocycles. The lowest BCUT2D eigenvalue weighted by molar-refractivity contribution is -0.234. The zero-order chi connectivity index (χ0) is 29.5. The molecule has 10 nitrogen and oxygen atoms in total. The van der Waals surface area contributed by atoms with Crippen molar-refractivity contribution in [2.75, 3.05) is 5.88 Å². The van der Waals surface area contributed by atoms with E-state index in [0.29, 0.717) is 24.9 Å². The molecule has 41 heavy (non-hydrogen) atoms. The van der Waals surface area contributed by atoms with Gasteiger partial charge in [-0.3, -0.25) is 9.59 Å². The zero-order valence-corrected chi connectivity index (χ0v) is 24.2. The van der Waals surface area contributed by atoms with Crippen molar-refractivity contribution in [3.05, 3.63) is 62.9 Å². The van der Waals surface area contributed by atoms with Crippen LogP contribution in [-0.4, -0.2) is 59.6 Å². The van der Waals surface area contributed by atoms with Gasteiger partial charge in [0.25, 0.3) is 0 Å². The lowest BCUT2D eigenvalue weighted by atomic mass is 9.46. The minimum atomic E-state index is -1.92. The first-order chi connectivity index (χ1) is 19.4. The average molecular weight is 586 g/mol. The molecule has 3 fully saturated rings. The number of fused-ring (bicyclic) bond motifs is 1. The summed E-state index contributed by atoms with van der Waals surface area (Å²) in [5, 5.41) is 23.5. The number of Topliss-reactive ketones (excluding diaryl/α,β-unsaturated/α-hetero) is 1. The van der Waals surface area contributed by atoms with Crippen molar-refractivity contribution in [3.63, 3.8) is 0 Å². The highest BCUT2D eigenvalue weighted by Crippen LogP contribution is 2.70. The van der Waals surface area contributed by atoms with E-state index in [1.54, 1.807) is 31.2 Å². The Morgan fingerprint density at radius 1 is 1.12 bits per heavy atom. The molecule has 1 aliphatic heterocycles. The Bertz CT molecular complexity index is 1560. The van der Waals surface area contributed by atoms with Gasteiger partial charge in [-0.25, -0.2) is 23.5 Å². The number of carbonyl (C=O) groups is 2. The minimum absolute atomic E-state index is 0.112. The third-order valence-corrected chi connectivity index (χ3v) is 11.4. The van der Waals surface area contributed by atoms with Crippen LogP contribution in [0.4, 0.5) is 0 Å². The first-order valence-electron chi connectivity index (χ1n) is 14.3. The number of rotatable bonds is 4. The van der Waals surface area contributed by atoms with Gasteiger partial charge < -0.3 is 14.9 Å². The molecule has 1 unspecified atom stereocenters. The summed E-state index contributed by atoms with van der Waals surface area (Å²) >= 11 is 5.85. The van der Waals surface area contributed by atoms with E-state index in [-0.39, 0.29) is 43.1 Å². The molecule has 2 N–H and O–H groups in total. The fraction of sp³-hybridized carbons (Fsp3) is 0.600. The largest absolute Gasteiger partial charge is 0.461 e. The van der Waals surface area contributed by atoms with Crippen LogP contribution in [-0.2, 0) is 27.4 Å². The predicted molar refractivity (Wildman–Crippen MR) is 150 cm³/mol. The van der Waals surface area contributed by atoms with Crippen molar-refractivity contribution < 1.29 is 24.5 Å². The molecule has 4 aliphatic rings. The number of benzene rings is 1. The third kappa shape index (κ3) is 3.56.